The molecule has 0 aliphatic carbocycles. The second kappa shape index (κ2) is 4.76. The van der Waals surface area contributed by atoms with Crippen LogP contribution in [-0.2, 0) is 6.42 Å². The van der Waals surface area contributed by atoms with Crippen LogP contribution >= 0.6 is 0 Å². The van der Waals surface area contributed by atoms with Gasteiger partial charge in [0.25, 0.3) is 0 Å². The molecule has 2 rings (SSSR count). The van der Waals surface area contributed by atoms with Crippen molar-refractivity contribution in [3.8, 4) is 0 Å². The lowest BCUT2D eigenvalue weighted by atomic mass is 9.98. The van der Waals surface area contributed by atoms with Gasteiger partial charge < -0.3 is 9.52 Å². The van der Waals surface area contributed by atoms with Gasteiger partial charge in [-0.3, -0.25) is 0 Å². The molecule has 0 aliphatic rings. The molecule has 2 aromatic rings. The summed E-state index contributed by atoms with van der Waals surface area (Å²) in [5, 5.41) is 10.1. The second-order valence-corrected chi connectivity index (χ2v) is 4.64. The van der Waals surface area contributed by atoms with Crippen LogP contribution in [0.4, 0.5) is 0 Å². The van der Waals surface area contributed by atoms with Crippen LogP contribution in [0.3, 0.4) is 0 Å². The highest BCUT2D eigenvalue weighted by atomic mass is 16.3. The number of aliphatic hydroxyl groups excluding tert-OH is 1. The van der Waals surface area contributed by atoms with Crippen LogP contribution in [0, 0.1) is 20.8 Å². The Bertz CT molecular complexity index is 511. The standard InChI is InChI=1S/C15H18O2/c1-10-4-5-11(2)13(6-10)8-15(16)14-7-12(3)17-9-14/h4-7,9,15-16H,8H2,1-3H3. The molecule has 2 nitrogen and oxygen atoms in total. The monoisotopic (exact) mass is 230 g/mol. The van der Waals surface area contributed by atoms with E-state index in [9.17, 15) is 5.11 Å². The highest BCUT2D eigenvalue weighted by Gasteiger charge is 2.12. The lowest BCUT2D eigenvalue weighted by Crippen LogP contribution is -2.02. The van der Waals surface area contributed by atoms with E-state index in [0.717, 1.165) is 11.3 Å². The van der Waals surface area contributed by atoms with Crippen molar-refractivity contribution in [1.82, 2.24) is 0 Å². The van der Waals surface area contributed by atoms with E-state index >= 15 is 0 Å². The summed E-state index contributed by atoms with van der Waals surface area (Å²) in [4.78, 5) is 0. The van der Waals surface area contributed by atoms with Crippen LogP contribution in [0.1, 0.15) is 34.1 Å². The second-order valence-electron chi connectivity index (χ2n) is 4.64. The SMILES string of the molecule is Cc1ccc(C)c(CC(O)c2coc(C)c2)c1. The van der Waals surface area contributed by atoms with Gasteiger partial charge in [-0.15, -0.1) is 0 Å². The number of rotatable bonds is 3. The minimum atomic E-state index is -0.493. The van der Waals surface area contributed by atoms with Crippen molar-refractivity contribution < 1.29 is 9.52 Å². The topological polar surface area (TPSA) is 33.4 Å². The molecule has 0 bridgehead atoms. The van der Waals surface area contributed by atoms with Crippen LogP contribution in [0.2, 0.25) is 0 Å². The van der Waals surface area contributed by atoms with Gasteiger partial charge >= 0.3 is 0 Å². The maximum absolute atomic E-state index is 10.1. The molecule has 1 atom stereocenters. The maximum Gasteiger partial charge on any atom is 0.101 e. The predicted octanol–water partition coefficient (Wildman–Crippen LogP) is 3.48. The fourth-order valence-electron chi connectivity index (χ4n) is 1.98. The molecule has 1 aromatic heterocycles. The van der Waals surface area contributed by atoms with Gasteiger partial charge in [-0.1, -0.05) is 23.8 Å². The fraction of sp³-hybridized carbons (Fsp3) is 0.333. The highest BCUT2D eigenvalue weighted by Crippen LogP contribution is 2.22. The Morgan fingerprint density at radius 2 is 1.94 bits per heavy atom. The van der Waals surface area contributed by atoms with Gasteiger partial charge in [0.15, 0.2) is 0 Å². The summed E-state index contributed by atoms with van der Waals surface area (Å²) in [5.41, 5.74) is 4.48. The molecule has 0 radical (unpaired) electrons. The molecule has 1 heterocycles. The quantitative estimate of drug-likeness (QED) is 0.875. The van der Waals surface area contributed by atoms with Gasteiger partial charge in [0.1, 0.15) is 5.76 Å². The first kappa shape index (κ1) is 11.9. The van der Waals surface area contributed by atoms with E-state index in [0.29, 0.717) is 6.42 Å². The Hall–Kier alpha value is -1.54. The summed E-state index contributed by atoms with van der Waals surface area (Å²) in [7, 11) is 0. The van der Waals surface area contributed by atoms with E-state index in [4.69, 9.17) is 4.42 Å². The van der Waals surface area contributed by atoms with Crippen molar-refractivity contribution in [2.45, 2.75) is 33.3 Å². The minimum absolute atomic E-state index is 0.493. The number of aliphatic hydroxyl groups is 1. The van der Waals surface area contributed by atoms with Crippen molar-refractivity contribution in [3.05, 3.63) is 58.5 Å². The van der Waals surface area contributed by atoms with Crippen LogP contribution < -0.4 is 0 Å². The number of aryl methyl sites for hydroxylation is 3. The predicted molar refractivity (Wildman–Crippen MR) is 68.0 cm³/mol. The smallest absolute Gasteiger partial charge is 0.101 e. The summed E-state index contributed by atoms with van der Waals surface area (Å²) in [6.07, 6.45) is 1.77. The third-order valence-corrected chi connectivity index (χ3v) is 3.05. The Morgan fingerprint density at radius 3 is 2.59 bits per heavy atom. The first-order valence-electron chi connectivity index (χ1n) is 5.85. The van der Waals surface area contributed by atoms with Crippen molar-refractivity contribution >= 4 is 0 Å². The molecule has 0 amide bonds. The average molecular weight is 230 g/mol. The number of hydrogen-bond acceptors (Lipinski definition) is 2. The van der Waals surface area contributed by atoms with E-state index in [2.05, 4.69) is 32.0 Å². The molecule has 1 aromatic carbocycles. The third-order valence-electron chi connectivity index (χ3n) is 3.05. The molecule has 0 saturated heterocycles. The summed E-state index contributed by atoms with van der Waals surface area (Å²) in [6, 6.07) is 8.20. The largest absolute Gasteiger partial charge is 0.469 e. The van der Waals surface area contributed by atoms with Gasteiger partial charge in [-0.25, -0.2) is 0 Å². The molecule has 0 aliphatic heterocycles. The minimum Gasteiger partial charge on any atom is -0.469 e. The van der Waals surface area contributed by atoms with E-state index in [1.807, 2.05) is 13.0 Å². The van der Waals surface area contributed by atoms with E-state index < -0.39 is 6.10 Å². The molecule has 0 saturated carbocycles. The summed E-state index contributed by atoms with van der Waals surface area (Å²) >= 11 is 0. The zero-order chi connectivity index (χ0) is 12.4. The van der Waals surface area contributed by atoms with Gasteiger partial charge in [0, 0.05) is 12.0 Å². The lowest BCUT2D eigenvalue weighted by molar-refractivity contribution is 0.177. The van der Waals surface area contributed by atoms with Crippen LogP contribution in [0.15, 0.2) is 34.9 Å². The third kappa shape index (κ3) is 2.77. The van der Waals surface area contributed by atoms with Gasteiger partial charge in [-0.2, -0.15) is 0 Å². The van der Waals surface area contributed by atoms with Crippen molar-refractivity contribution in [2.75, 3.05) is 0 Å². The molecular formula is C15H18O2. The molecule has 0 spiro atoms. The van der Waals surface area contributed by atoms with Crippen LogP contribution in [-0.4, -0.2) is 5.11 Å². The fourth-order valence-corrected chi connectivity index (χ4v) is 1.98. The van der Waals surface area contributed by atoms with E-state index in [-0.39, 0.29) is 0 Å². The zero-order valence-electron chi connectivity index (χ0n) is 10.5. The Morgan fingerprint density at radius 1 is 1.18 bits per heavy atom. The van der Waals surface area contributed by atoms with Gasteiger partial charge in [-0.05, 0) is 38.0 Å². The van der Waals surface area contributed by atoms with E-state index in [1.165, 1.54) is 16.7 Å². The first-order chi connectivity index (χ1) is 8.06. The maximum atomic E-state index is 10.1. The zero-order valence-corrected chi connectivity index (χ0v) is 10.5. The van der Waals surface area contributed by atoms with Crippen molar-refractivity contribution in [1.29, 1.82) is 0 Å². The summed E-state index contributed by atoms with van der Waals surface area (Å²) in [5.74, 6) is 0.833. The molecular weight excluding hydrogens is 212 g/mol. The summed E-state index contributed by atoms with van der Waals surface area (Å²) in [6.45, 7) is 6.02. The van der Waals surface area contributed by atoms with Gasteiger partial charge in [0.05, 0.1) is 12.4 Å². The Balaban J connectivity index is 2.18. The molecule has 90 valence electrons. The molecule has 0 fully saturated rings. The normalized spacial score (nSPS) is 12.7. The average Bonchev–Trinajstić information content (AvgIpc) is 2.70. The highest BCUT2D eigenvalue weighted by molar-refractivity contribution is 5.32. The lowest BCUT2D eigenvalue weighted by Gasteiger charge is -2.11. The van der Waals surface area contributed by atoms with Crippen LogP contribution in [0.25, 0.3) is 0 Å². The van der Waals surface area contributed by atoms with Crippen LogP contribution in [0.5, 0.6) is 0 Å². The first-order valence-corrected chi connectivity index (χ1v) is 5.85. The van der Waals surface area contributed by atoms with E-state index in [1.54, 1.807) is 6.26 Å². The molecule has 1 unspecified atom stereocenters. The Kier molecular flexibility index (Phi) is 3.34. The summed E-state index contributed by atoms with van der Waals surface area (Å²) < 4.78 is 5.22. The number of hydrogen-bond donors (Lipinski definition) is 1. The molecule has 1 N–H and O–H groups in total. The molecule has 2 heteroatoms. The van der Waals surface area contributed by atoms with Crippen molar-refractivity contribution in [2.24, 2.45) is 0 Å². The number of benzene rings is 1. The number of furan rings is 1. The van der Waals surface area contributed by atoms with Crippen molar-refractivity contribution in [3.63, 3.8) is 0 Å². The van der Waals surface area contributed by atoms with Gasteiger partial charge in [0.2, 0.25) is 0 Å². The molecule has 17 heavy (non-hydrogen) atoms. The Labute approximate surface area is 102 Å².